The van der Waals surface area contributed by atoms with E-state index in [1.165, 1.54) is 0 Å². The molecule has 1 aromatic rings. The molecule has 2 heteroatoms. The Bertz CT molecular complexity index is 304. The van der Waals surface area contributed by atoms with E-state index >= 15 is 0 Å². The van der Waals surface area contributed by atoms with Crippen molar-refractivity contribution in [2.75, 3.05) is 6.61 Å². The second-order valence-corrected chi connectivity index (χ2v) is 2.78. The van der Waals surface area contributed by atoms with Crippen LogP contribution in [0.25, 0.3) is 6.08 Å². The van der Waals surface area contributed by atoms with Crippen molar-refractivity contribution >= 4 is 17.7 Å². The third-order valence-electron chi connectivity index (χ3n) is 1.62. The zero-order valence-corrected chi connectivity index (χ0v) is 6.64. The zero-order chi connectivity index (χ0) is 7.68. The van der Waals surface area contributed by atoms with Gasteiger partial charge in [-0.3, -0.25) is 0 Å². The molecule has 0 aromatic heterocycles. The molecular weight excluding hydrogens is 160 g/mol. The van der Waals surface area contributed by atoms with Crippen LogP contribution in [0, 0.1) is 0 Å². The standard InChI is InChI=1S/C9H7ClO/c10-8-5-1-3-7-4-2-6-11-9(7)8/h1-5H,6H2. The van der Waals surface area contributed by atoms with E-state index in [0.717, 1.165) is 11.3 Å². The number of hydrogen-bond donors (Lipinski definition) is 0. The molecule has 11 heavy (non-hydrogen) atoms. The Morgan fingerprint density at radius 1 is 1.36 bits per heavy atom. The molecule has 0 radical (unpaired) electrons. The van der Waals surface area contributed by atoms with Gasteiger partial charge in [0.25, 0.3) is 0 Å². The van der Waals surface area contributed by atoms with Crippen molar-refractivity contribution < 1.29 is 4.74 Å². The van der Waals surface area contributed by atoms with Gasteiger partial charge >= 0.3 is 0 Å². The molecule has 2 rings (SSSR count). The molecule has 1 aromatic carbocycles. The average Bonchev–Trinajstić information content (AvgIpc) is 2.06. The van der Waals surface area contributed by atoms with Crippen molar-refractivity contribution in [1.29, 1.82) is 0 Å². The molecule has 0 saturated carbocycles. The van der Waals surface area contributed by atoms with E-state index in [0.29, 0.717) is 11.6 Å². The predicted molar refractivity (Wildman–Crippen MR) is 46.0 cm³/mol. The first-order valence-corrected chi connectivity index (χ1v) is 3.83. The highest BCUT2D eigenvalue weighted by Gasteiger charge is 2.07. The fourth-order valence-corrected chi connectivity index (χ4v) is 1.35. The summed E-state index contributed by atoms with van der Waals surface area (Å²) in [5.74, 6) is 0.802. The van der Waals surface area contributed by atoms with E-state index in [2.05, 4.69) is 0 Å². The van der Waals surface area contributed by atoms with Gasteiger partial charge in [0.15, 0.2) is 0 Å². The van der Waals surface area contributed by atoms with E-state index in [1.54, 1.807) is 0 Å². The van der Waals surface area contributed by atoms with Crippen LogP contribution in [-0.2, 0) is 0 Å². The van der Waals surface area contributed by atoms with E-state index in [9.17, 15) is 0 Å². The summed E-state index contributed by atoms with van der Waals surface area (Å²) in [6.45, 7) is 0.622. The minimum absolute atomic E-state index is 0.622. The number of ether oxygens (including phenoxy) is 1. The number of rotatable bonds is 0. The van der Waals surface area contributed by atoms with Gasteiger partial charge in [-0.2, -0.15) is 0 Å². The van der Waals surface area contributed by atoms with Crippen LogP contribution < -0.4 is 4.74 Å². The number of halogens is 1. The Labute approximate surface area is 70.2 Å². The van der Waals surface area contributed by atoms with Crippen molar-refractivity contribution in [3.8, 4) is 5.75 Å². The molecule has 0 unspecified atom stereocenters. The van der Waals surface area contributed by atoms with Crippen molar-refractivity contribution in [2.45, 2.75) is 0 Å². The lowest BCUT2D eigenvalue weighted by molar-refractivity contribution is 0.359. The van der Waals surface area contributed by atoms with Crippen LogP contribution in [-0.4, -0.2) is 6.61 Å². The molecule has 0 bridgehead atoms. The third kappa shape index (κ3) is 1.12. The molecule has 1 aliphatic heterocycles. The van der Waals surface area contributed by atoms with Crippen LogP contribution in [0.5, 0.6) is 5.75 Å². The quantitative estimate of drug-likeness (QED) is 0.576. The minimum atomic E-state index is 0.622. The highest BCUT2D eigenvalue weighted by molar-refractivity contribution is 6.32. The highest BCUT2D eigenvalue weighted by Crippen LogP contribution is 2.31. The average molecular weight is 167 g/mol. The fourth-order valence-electron chi connectivity index (χ4n) is 1.12. The number of fused-ring (bicyclic) bond motifs is 1. The third-order valence-corrected chi connectivity index (χ3v) is 1.92. The molecule has 0 aliphatic carbocycles. The minimum Gasteiger partial charge on any atom is -0.487 e. The summed E-state index contributed by atoms with van der Waals surface area (Å²) in [6.07, 6.45) is 3.99. The van der Waals surface area contributed by atoms with Gasteiger partial charge in [-0.1, -0.05) is 29.8 Å². The Balaban J connectivity index is 2.60. The fraction of sp³-hybridized carbons (Fsp3) is 0.111. The van der Waals surface area contributed by atoms with Crippen LogP contribution >= 0.6 is 11.6 Å². The van der Waals surface area contributed by atoms with Crippen molar-refractivity contribution in [3.05, 3.63) is 34.9 Å². The van der Waals surface area contributed by atoms with Gasteiger partial charge in [-0.15, -0.1) is 0 Å². The number of benzene rings is 1. The van der Waals surface area contributed by atoms with Crippen molar-refractivity contribution in [2.24, 2.45) is 0 Å². The van der Waals surface area contributed by atoms with Gasteiger partial charge < -0.3 is 4.74 Å². The van der Waals surface area contributed by atoms with Gasteiger partial charge in [0, 0.05) is 5.56 Å². The highest BCUT2D eigenvalue weighted by atomic mass is 35.5. The Hall–Kier alpha value is -0.950. The Kier molecular flexibility index (Phi) is 1.59. The summed E-state index contributed by atoms with van der Waals surface area (Å²) in [6, 6.07) is 5.73. The second-order valence-electron chi connectivity index (χ2n) is 2.37. The first-order valence-electron chi connectivity index (χ1n) is 3.46. The summed E-state index contributed by atoms with van der Waals surface area (Å²) in [5.41, 5.74) is 1.06. The van der Waals surface area contributed by atoms with Crippen LogP contribution in [0.2, 0.25) is 5.02 Å². The first kappa shape index (κ1) is 6.74. The van der Waals surface area contributed by atoms with Gasteiger partial charge in [-0.05, 0) is 12.1 Å². The van der Waals surface area contributed by atoms with Gasteiger partial charge in [0.2, 0.25) is 0 Å². The predicted octanol–water partition coefficient (Wildman–Crippen LogP) is 2.75. The zero-order valence-electron chi connectivity index (χ0n) is 5.88. The number of hydrogen-bond acceptors (Lipinski definition) is 1. The molecular formula is C9H7ClO. The van der Waals surface area contributed by atoms with Gasteiger partial charge in [-0.25, -0.2) is 0 Å². The maximum Gasteiger partial charge on any atom is 0.145 e. The molecule has 0 N–H and O–H groups in total. The largest absolute Gasteiger partial charge is 0.487 e. The van der Waals surface area contributed by atoms with E-state index in [4.69, 9.17) is 16.3 Å². The molecule has 1 heterocycles. The van der Waals surface area contributed by atoms with E-state index in [1.807, 2.05) is 30.4 Å². The Morgan fingerprint density at radius 3 is 3.09 bits per heavy atom. The van der Waals surface area contributed by atoms with Crippen LogP contribution in [0.4, 0.5) is 0 Å². The molecule has 1 aliphatic rings. The van der Waals surface area contributed by atoms with Crippen LogP contribution in [0.3, 0.4) is 0 Å². The second kappa shape index (κ2) is 2.59. The van der Waals surface area contributed by atoms with Crippen molar-refractivity contribution in [1.82, 2.24) is 0 Å². The first-order chi connectivity index (χ1) is 5.38. The monoisotopic (exact) mass is 166 g/mol. The molecule has 0 saturated heterocycles. The summed E-state index contributed by atoms with van der Waals surface area (Å²) < 4.78 is 5.34. The summed E-state index contributed by atoms with van der Waals surface area (Å²) in [7, 11) is 0. The molecule has 0 spiro atoms. The van der Waals surface area contributed by atoms with Crippen LogP contribution in [0.1, 0.15) is 5.56 Å². The lowest BCUT2D eigenvalue weighted by atomic mass is 10.1. The lowest BCUT2D eigenvalue weighted by Gasteiger charge is -2.12. The van der Waals surface area contributed by atoms with Gasteiger partial charge in [0.1, 0.15) is 12.4 Å². The summed E-state index contributed by atoms with van der Waals surface area (Å²) in [4.78, 5) is 0. The SMILES string of the molecule is Clc1cccc2c1OCC=C2. The normalized spacial score (nSPS) is 13.9. The molecule has 56 valence electrons. The van der Waals surface area contributed by atoms with Crippen molar-refractivity contribution in [3.63, 3.8) is 0 Å². The molecule has 0 fully saturated rings. The van der Waals surface area contributed by atoms with E-state index in [-0.39, 0.29) is 0 Å². The topological polar surface area (TPSA) is 9.23 Å². The molecule has 0 atom stereocenters. The summed E-state index contributed by atoms with van der Waals surface area (Å²) in [5, 5.41) is 0.687. The Morgan fingerprint density at radius 2 is 2.27 bits per heavy atom. The van der Waals surface area contributed by atoms with E-state index < -0.39 is 0 Å². The maximum absolute atomic E-state index is 5.88. The molecule has 1 nitrogen and oxygen atoms in total. The van der Waals surface area contributed by atoms with Gasteiger partial charge in [0.05, 0.1) is 5.02 Å². The summed E-state index contributed by atoms with van der Waals surface area (Å²) >= 11 is 5.88. The lowest BCUT2D eigenvalue weighted by Crippen LogP contribution is -2.00. The maximum atomic E-state index is 5.88. The number of para-hydroxylation sites is 1. The molecule has 0 amide bonds. The van der Waals surface area contributed by atoms with Crippen LogP contribution in [0.15, 0.2) is 24.3 Å². The smallest absolute Gasteiger partial charge is 0.145 e.